The van der Waals surface area contributed by atoms with Gasteiger partial charge < -0.3 is 19.9 Å². The number of esters is 1. The van der Waals surface area contributed by atoms with Crippen molar-refractivity contribution in [3.63, 3.8) is 0 Å². The fourth-order valence-electron chi connectivity index (χ4n) is 5.15. The van der Waals surface area contributed by atoms with Crippen LogP contribution in [0.4, 0.5) is 4.39 Å². The Balaban J connectivity index is 1.84. The highest BCUT2D eigenvalue weighted by Gasteiger charge is 2.45. The van der Waals surface area contributed by atoms with Gasteiger partial charge in [0.1, 0.15) is 17.8 Å². The average molecular weight is 533 g/mol. The number of rotatable bonds is 7. The lowest BCUT2D eigenvalue weighted by Gasteiger charge is -2.44. The molecule has 200 valence electrons. The van der Waals surface area contributed by atoms with Gasteiger partial charge in [-0.2, -0.15) is 0 Å². The molecule has 2 unspecified atom stereocenters. The zero-order valence-electron chi connectivity index (χ0n) is 21.7. The minimum Gasteiger partial charge on any atom is -0.480 e. The van der Waals surface area contributed by atoms with Crippen molar-refractivity contribution >= 4 is 29.1 Å². The second kappa shape index (κ2) is 10.5. The lowest BCUT2D eigenvalue weighted by atomic mass is 9.83. The van der Waals surface area contributed by atoms with Crippen molar-refractivity contribution in [2.75, 3.05) is 26.3 Å². The minimum absolute atomic E-state index is 0.121. The number of hydrogen-bond donors (Lipinski definition) is 2. The maximum Gasteiger partial charge on any atom is 0.338 e. The van der Waals surface area contributed by atoms with Crippen LogP contribution in [0.3, 0.4) is 0 Å². The number of nitrogens with one attached hydrogen (secondary N) is 1. The molecule has 1 fully saturated rings. The van der Waals surface area contributed by atoms with Crippen LogP contribution in [0.2, 0.25) is 0 Å². The van der Waals surface area contributed by atoms with Crippen LogP contribution in [-0.2, 0) is 19.1 Å². The van der Waals surface area contributed by atoms with Gasteiger partial charge >= 0.3 is 11.9 Å². The fraction of sp³-hybridized carbons (Fsp3) is 0.538. The number of alkyl halides is 1. The van der Waals surface area contributed by atoms with Gasteiger partial charge in [-0.1, -0.05) is 11.6 Å². The smallest absolute Gasteiger partial charge is 0.338 e. The number of allylic oxidation sites excluding steroid dienone is 2. The van der Waals surface area contributed by atoms with Crippen LogP contribution >= 0.6 is 11.3 Å². The number of aliphatic carboxylic acids is 1. The second-order valence-corrected chi connectivity index (χ2v) is 11.0. The van der Waals surface area contributed by atoms with Gasteiger partial charge in [0.05, 0.1) is 24.4 Å². The SMILES string of the molecule is CCOC(=O)C1=C(CN2CCOC(C)(C)[C@H]2C(=O)O)NC(c2nccs2)=NC1C1=C(C)CC(C)(F)C=C1. The van der Waals surface area contributed by atoms with Gasteiger partial charge in [-0.25, -0.2) is 14.2 Å². The number of halogens is 1. The number of hydrogen-bond acceptors (Lipinski definition) is 9. The van der Waals surface area contributed by atoms with E-state index in [9.17, 15) is 19.1 Å². The van der Waals surface area contributed by atoms with Crippen molar-refractivity contribution < 1.29 is 28.6 Å². The molecule has 37 heavy (non-hydrogen) atoms. The van der Waals surface area contributed by atoms with Crippen LogP contribution in [0.1, 0.15) is 46.0 Å². The molecule has 2 N–H and O–H groups in total. The molecule has 4 rings (SSSR count). The summed E-state index contributed by atoms with van der Waals surface area (Å²) in [6.07, 6.45) is 5.01. The van der Waals surface area contributed by atoms with Crippen LogP contribution in [0.25, 0.3) is 0 Å². The number of thiazole rings is 1. The Morgan fingerprint density at radius 1 is 1.38 bits per heavy atom. The Morgan fingerprint density at radius 3 is 2.76 bits per heavy atom. The molecule has 1 aromatic heterocycles. The van der Waals surface area contributed by atoms with Crippen molar-refractivity contribution in [1.29, 1.82) is 0 Å². The summed E-state index contributed by atoms with van der Waals surface area (Å²) in [5, 5.41) is 15.7. The summed E-state index contributed by atoms with van der Waals surface area (Å²) in [5.74, 6) is -1.11. The van der Waals surface area contributed by atoms with Crippen LogP contribution in [0, 0.1) is 0 Å². The Hall–Kier alpha value is -2.89. The normalized spacial score (nSPS) is 28.1. The van der Waals surface area contributed by atoms with Gasteiger partial charge in [0.15, 0.2) is 10.8 Å². The van der Waals surface area contributed by atoms with E-state index in [1.807, 2.05) is 12.3 Å². The maximum absolute atomic E-state index is 14.8. The van der Waals surface area contributed by atoms with Crippen molar-refractivity contribution in [2.24, 2.45) is 4.99 Å². The number of amidine groups is 1. The molecule has 1 aromatic rings. The predicted molar refractivity (Wildman–Crippen MR) is 138 cm³/mol. The van der Waals surface area contributed by atoms with E-state index in [1.165, 1.54) is 24.3 Å². The Kier molecular flexibility index (Phi) is 7.68. The molecule has 1 aliphatic carbocycles. The van der Waals surface area contributed by atoms with E-state index in [0.717, 1.165) is 5.57 Å². The highest BCUT2D eigenvalue weighted by atomic mass is 32.1. The van der Waals surface area contributed by atoms with Crippen molar-refractivity contribution in [1.82, 2.24) is 15.2 Å². The largest absolute Gasteiger partial charge is 0.480 e. The van der Waals surface area contributed by atoms with E-state index >= 15 is 0 Å². The molecule has 3 heterocycles. The number of carboxylic acids is 1. The third kappa shape index (κ3) is 5.68. The molecule has 3 aliphatic rings. The molecule has 0 radical (unpaired) electrons. The van der Waals surface area contributed by atoms with Crippen molar-refractivity contribution in [2.45, 2.75) is 64.4 Å². The first-order valence-electron chi connectivity index (χ1n) is 12.3. The number of carboxylic acid groups (broad SMARTS) is 1. The van der Waals surface area contributed by atoms with Gasteiger partial charge in [0.2, 0.25) is 0 Å². The molecule has 11 heteroatoms. The first-order valence-corrected chi connectivity index (χ1v) is 13.1. The molecule has 0 bridgehead atoms. The lowest BCUT2D eigenvalue weighted by Crippen LogP contribution is -2.61. The molecule has 0 spiro atoms. The highest BCUT2D eigenvalue weighted by Crippen LogP contribution is 2.36. The zero-order chi connectivity index (χ0) is 27.0. The van der Waals surface area contributed by atoms with E-state index in [1.54, 1.807) is 37.9 Å². The monoisotopic (exact) mass is 532 g/mol. The number of morpholine rings is 1. The van der Waals surface area contributed by atoms with E-state index in [2.05, 4.69) is 10.3 Å². The molecule has 2 aliphatic heterocycles. The first-order chi connectivity index (χ1) is 17.4. The number of carbonyl (C=O) groups excluding carboxylic acids is 1. The number of aliphatic imine (C=N–C) groups is 1. The maximum atomic E-state index is 14.8. The average Bonchev–Trinajstić information content (AvgIpc) is 3.32. The zero-order valence-corrected chi connectivity index (χ0v) is 22.5. The number of ether oxygens (including phenoxy) is 2. The summed E-state index contributed by atoms with van der Waals surface area (Å²) >= 11 is 1.39. The highest BCUT2D eigenvalue weighted by molar-refractivity contribution is 7.11. The predicted octanol–water partition coefficient (Wildman–Crippen LogP) is 3.25. The molecule has 1 saturated heterocycles. The Morgan fingerprint density at radius 2 is 2.14 bits per heavy atom. The molecule has 9 nitrogen and oxygen atoms in total. The molecule has 0 amide bonds. The molecule has 0 aromatic carbocycles. The number of carbonyl (C=O) groups is 2. The standard InChI is InChI=1S/C26H33FN4O5S/c1-6-35-24(34)18-17(14-31-10-11-36-25(3,4)20(31)23(32)33)29-21(22-28-9-12-37-22)30-19(18)16-7-8-26(5,27)13-15(16)2/h7-9,12,19-20H,6,10-11,13-14H2,1-5H3,(H,29,30)(H,32,33)/t19?,20-,26?/m1/s1. The summed E-state index contributed by atoms with van der Waals surface area (Å²) in [5.41, 5.74) is -0.187. The van der Waals surface area contributed by atoms with E-state index in [4.69, 9.17) is 14.5 Å². The summed E-state index contributed by atoms with van der Waals surface area (Å²) in [4.78, 5) is 36.7. The number of aromatic nitrogens is 1. The van der Waals surface area contributed by atoms with Crippen LogP contribution in [0.5, 0.6) is 0 Å². The van der Waals surface area contributed by atoms with E-state index in [0.29, 0.717) is 35.3 Å². The van der Waals surface area contributed by atoms with E-state index < -0.39 is 35.3 Å². The molecule has 3 atom stereocenters. The van der Waals surface area contributed by atoms with Crippen molar-refractivity contribution in [3.05, 3.63) is 51.2 Å². The third-order valence-corrected chi connectivity index (χ3v) is 7.52. The van der Waals surface area contributed by atoms with Gasteiger partial charge in [0, 0.05) is 36.8 Å². The Labute approximate surface area is 219 Å². The topological polar surface area (TPSA) is 113 Å². The minimum atomic E-state index is -1.49. The van der Waals surface area contributed by atoms with Gasteiger partial charge in [-0.05, 0) is 46.3 Å². The van der Waals surface area contributed by atoms with Gasteiger partial charge in [-0.15, -0.1) is 11.3 Å². The first kappa shape index (κ1) is 27.2. The molecule has 0 saturated carbocycles. The molecular weight excluding hydrogens is 499 g/mol. The summed E-state index contributed by atoms with van der Waals surface area (Å²) < 4.78 is 26.0. The van der Waals surface area contributed by atoms with Crippen LogP contribution in [0.15, 0.2) is 51.1 Å². The third-order valence-electron chi connectivity index (χ3n) is 6.74. The second-order valence-electron chi connectivity index (χ2n) is 10.1. The van der Waals surface area contributed by atoms with Crippen LogP contribution < -0.4 is 5.32 Å². The summed E-state index contributed by atoms with van der Waals surface area (Å²) in [6, 6.07) is -1.71. The molecular formula is C26H33FN4O5S. The lowest BCUT2D eigenvalue weighted by molar-refractivity contribution is -0.170. The van der Waals surface area contributed by atoms with Crippen LogP contribution in [-0.4, -0.2) is 82.4 Å². The Bertz CT molecular complexity index is 1190. The number of nitrogens with zero attached hydrogens (tertiary/aromatic N) is 3. The summed E-state index contributed by atoms with van der Waals surface area (Å²) in [6.45, 7) is 9.54. The fourth-order valence-corrected chi connectivity index (χ4v) is 5.74. The quantitative estimate of drug-likeness (QED) is 0.515. The summed E-state index contributed by atoms with van der Waals surface area (Å²) in [7, 11) is 0. The van der Waals surface area contributed by atoms with Gasteiger partial charge in [-0.3, -0.25) is 14.7 Å². The van der Waals surface area contributed by atoms with Crippen molar-refractivity contribution in [3.8, 4) is 0 Å². The van der Waals surface area contributed by atoms with Gasteiger partial charge in [0.25, 0.3) is 0 Å². The van der Waals surface area contributed by atoms with E-state index in [-0.39, 0.29) is 25.1 Å².